The fraction of sp³-hybridized carbons (Fsp3) is 0.571. The Labute approximate surface area is 93.9 Å². The molecule has 84 valence electrons. The molecule has 1 aromatic carbocycles. The molecular weight excluding hydrogens is 182 g/mol. The van der Waals surface area contributed by atoms with Crippen LogP contribution >= 0.6 is 0 Å². The number of likely N-dealkylation sites (N-methyl/N-ethyl adjacent to an activating group) is 1. The van der Waals surface area contributed by atoms with Crippen molar-refractivity contribution >= 4 is 0 Å². The molecule has 0 bridgehead atoms. The maximum atomic E-state index is 3.42. The predicted molar refractivity (Wildman–Crippen MR) is 67.6 cm³/mol. The van der Waals surface area contributed by atoms with Crippen molar-refractivity contribution in [2.75, 3.05) is 13.1 Å². The Balaban J connectivity index is 2.92. The minimum absolute atomic E-state index is 0.602. The predicted octanol–water partition coefficient (Wildman–Crippen LogP) is 3.32. The Morgan fingerprint density at radius 3 is 2.13 bits per heavy atom. The third-order valence-electron chi connectivity index (χ3n) is 2.93. The van der Waals surface area contributed by atoms with E-state index < -0.39 is 0 Å². The van der Waals surface area contributed by atoms with Gasteiger partial charge in [-0.05, 0) is 49.9 Å². The van der Waals surface area contributed by atoms with Crippen molar-refractivity contribution in [3.63, 3.8) is 0 Å². The topological polar surface area (TPSA) is 12.0 Å². The second-order valence-corrected chi connectivity index (χ2v) is 4.52. The van der Waals surface area contributed by atoms with Crippen molar-refractivity contribution in [1.29, 1.82) is 0 Å². The number of benzene rings is 1. The van der Waals surface area contributed by atoms with Crippen LogP contribution in [-0.2, 0) is 0 Å². The highest BCUT2D eigenvalue weighted by atomic mass is 14.8. The largest absolute Gasteiger partial charge is 0.316 e. The maximum absolute atomic E-state index is 3.42. The van der Waals surface area contributed by atoms with E-state index in [1.807, 2.05) is 0 Å². The van der Waals surface area contributed by atoms with Gasteiger partial charge in [0, 0.05) is 6.54 Å². The van der Waals surface area contributed by atoms with Gasteiger partial charge in [0.2, 0.25) is 0 Å². The summed E-state index contributed by atoms with van der Waals surface area (Å²) in [6.45, 7) is 13.2. The van der Waals surface area contributed by atoms with E-state index in [1.54, 1.807) is 0 Å². The van der Waals surface area contributed by atoms with E-state index in [4.69, 9.17) is 0 Å². The fourth-order valence-corrected chi connectivity index (χ4v) is 2.43. The molecule has 0 aromatic heterocycles. The van der Waals surface area contributed by atoms with Crippen LogP contribution in [0.25, 0.3) is 0 Å². The van der Waals surface area contributed by atoms with Crippen molar-refractivity contribution in [3.05, 3.63) is 34.4 Å². The molecular formula is C14H23N. The van der Waals surface area contributed by atoms with Crippen LogP contribution in [-0.4, -0.2) is 13.1 Å². The lowest BCUT2D eigenvalue weighted by Crippen LogP contribution is -2.20. The first-order chi connectivity index (χ1) is 7.06. The summed E-state index contributed by atoms with van der Waals surface area (Å²) in [4.78, 5) is 0. The van der Waals surface area contributed by atoms with Crippen LogP contribution < -0.4 is 5.32 Å². The number of hydrogen-bond acceptors (Lipinski definition) is 1. The quantitative estimate of drug-likeness (QED) is 0.795. The van der Waals surface area contributed by atoms with E-state index in [0.717, 1.165) is 13.1 Å². The van der Waals surface area contributed by atoms with Gasteiger partial charge < -0.3 is 5.32 Å². The first-order valence-electron chi connectivity index (χ1n) is 5.84. The summed E-state index contributed by atoms with van der Waals surface area (Å²) < 4.78 is 0. The number of hydrogen-bond donors (Lipinski definition) is 1. The number of nitrogens with one attached hydrogen (secondary N) is 1. The van der Waals surface area contributed by atoms with E-state index >= 15 is 0 Å². The molecule has 0 heterocycles. The highest BCUT2D eigenvalue weighted by molar-refractivity contribution is 5.39. The first-order valence-corrected chi connectivity index (χ1v) is 5.84. The maximum Gasteiger partial charge on any atom is 0.00175 e. The Morgan fingerprint density at radius 2 is 1.67 bits per heavy atom. The molecule has 1 rings (SSSR count). The molecule has 0 aliphatic rings. The lowest BCUT2D eigenvalue weighted by molar-refractivity contribution is 0.630. The monoisotopic (exact) mass is 205 g/mol. The van der Waals surface area contributed by atoms with Gasteiger partial charge in [0.05, 0.1) is 0 Å². The van der Waals surface area contributed by atoms with Gasteiger partial charge in [-0.25, -0.2) is 0 Å². The Bertz CT molecular complexity index is 305. The summed E-state index contributed by atoms with van der Waals surface area (Å²) in [7, 11) is 0. The van der Waals surface area contributed by atoms with Crippen molar-refractivity contribution in [2.45, 2.75) is 40.5 Å². The molecule has 1 heteroatoms. The number of aryl methyl sites for hydroxylation is 3. The minimum Gasteiger partial charge on any atom is -0.316 e. The lowest BCUT2D eigenvalue weighted by Gasteiger charge is -2.18. The average molecular weight is 205 g/mol. The summed E-state index contributed by atoms with van der Waals surface area (Å²) in [5, 5.41) is 3.42. The van der Waals surface area contributed by atoms with Crippen LogP contribution in [0.2, 0.25) is 0 Å². The minimum atomic E-state index is 0.602. The SMILES string of the molecule is CCNCC(C)c1c(C)cc(C)cc1C. The smallest absolute Gasteiger partial charge is 0.00175 e. The zero-order chi connectivity index (χ0) is 11.4. The second kappa shape index (κ2) is 5.32. The van der Waals surface area contributed by atoms with Gasteiger partial charge in [0.15, 0.2) is 0 Å². The molecule has 0 saturated heterocycles. The molecule has 0 radical (unpaired) electrons. The highest BCUT2D eigenvalue weighted by Gasteiger charge is 2.11. The van der Waals surface area contributed by atoms with Gasteiger partial charge in [-0.1, -0.05) is 31.5 Å². The third kappa shape index (κ3) is 3.07. The standard InChI is InChI=1S/C14H23N/c1-6-15-9-13(5)14-11(3)7-10(2)8-12(14)4/h7-8,13,15H,6,9H2,1-5H3. The summed E-state index contributed by atoms with van der Waals surface area (Å²) in [6.07, 6.45) is 0. The van der Waals surface area contributed by atoms with Gasteiger partial charge in [-0.15, -0.1) is 0 Å². The van der Waals surface area contributed by atoms with Crippen LogP contribution in [0.5, 0.6) is 0 Å². The number of rotatable bonds is 4. The summed E-state index contributed by atoms with van der Waals surface area (Å²) in [6, 6.07) is 4.57. The van der Waals surface area contributed by atoms with Crippen LogP contribution in [0.3, 0.4) is 0 Å². The molecule has 0 saturated carbocycles. The third-order valence-corrected chi connectivity index (χ3v) is 2.93. The van der Waals surface area contributed by atoms with Crippen LogP contribution in [0.4, 0.5) is 0 Å². The Kier molecular flexibility index (Phi) is 4.34. The van der Waals surface area contributed by atoms with Gasteiger partial charge >= 0.3 is 0 Å². The molecule has 1 nitrogen and oxygen atoms in total. The van der Waals surface area contributed by atoms with Gasteiger partial charge in [-0.2, -0.15) is 0 Å². The molecule has 1 N–H and O–H groups in total. The lowest BCUT2D eigenvalue weighted by atomic mass is 9.90. The Morgan fingerprint density at radius 1 is 1.13 bits per heavy atom. The summed E-state index contributed by atoms with van der Waals surface area (Å²) in [5.41, 5.74) is 5.74. The normalized spacial score (nSPS) is 12.9. The molecule has 1 atom stereocenters. The second-order valence-electron chi connectivity index (χ2n) is 4.52. The van der Waals surface area contributed by atoms with Crippen molar-refractivity contribution in [2.24, 2.45) is 0 Å². The van der Waals surface area contributed by atoms with Crippen LogP contribution in [0, 0.1) is 20.8 Å². The Hall–Kier alpha value is -0.820. The zero-order valence-corrected chi connectivity index (χ0v) is 10.6. The van der Waals surface area contributed by atoms with E-state index in [0.29, 0.717) is 5.92 Å². The molecule has 0 aliphatic carbocycles. The average Bonchev–Trinajstić information content (AvgIpc) is 2.12. The first kappa shape index (κ1) is 12.3. The molecule has 15 heavy (non-hydrogen) atoms. The van der Waals surface area contributed by atoms with Crippen LogP contribution in [0.1, 0.15) is 42.0 Å². The van der Waals surface area contributed by atoms with Gasteiger partial charge in [0.1, 0.15) is 0 Å². The molecule has 0 fully saturated rings. The van der Waals surface area contributed by atoms with Gasteiger partial charge in [-0.3, -0.25) is 0 Å². The van der Waals surface area contributed by atoms with E-state index in [-0.39, 0.29) is 0 Å². The van der Waals surface area contributed by atoms with E-state index in [9.17, 15) is 0 Å². The summed E-state index contributed by atoms with van der Waals surface area (Å²) >= 11 is 0. The van der Waals surface area contributed by atoms with E-state index in [1.165, 1.54) is 22.3 Å². The van der Waals surface area contributed by atoms with Crippen molar-refractivity contribution < 1.29 is 0 Å². The molecule has 0 amide bonds. The molecule has 1 aromatic rings. The summed E-state index contributed by atoms with van der Waals surface area (Å²) in [5.74, 6) is 0.602. The molecule has 1 unspecified atom stereocenters. The highest BCUT2D eigenvalue weighted by Crippen LogP contribution is 2.24. The van der Waals surface area contributed by atoms with Gasteiger partial charge in [0.25, 0.3) is 0 Å². The van der Waals surface area contributed by atoms with Crippen molar-refractivity contribution in [3.8, 4) is 0 Å². The molecule has 0 aliphatic heterocycles. The van der Waals surface area contributed by atoms with E-state index in [2.05, 4.69) is 52.1 Å². The van der Waals surface area contributed by atoms with Crippen LogP contribution in [0.15, 0.2) is 12.1 Å². The molecule has 0 spiro atoms. The van der Waals surface area contributed by atoms with Crippen molar-refractivity contribution in [1.82, 2.24) is 5.32 Å². The zero-order valence-electron chi connectivity index (χ0n) is 10.6. The fourth-order valence-electron chi connectivity index (χ4n) is 2.43.